The summed E-state index contributed by atoms with van der Waals surface area (Å²) in [5, 5.41) is 4.02. The Labute approximate surface area is 140 Å². The molecule has 0 saturated carbocycles. The lowest BCUT2D eigenvalue weighted by molar-refractivity contribution is -0.138. The number of carbonyl (C=O) groups excluding carboxylic acids is 1. The lowest BCUT2D eigenvalue weighted by Crippen LogP contribution is -2.43. The number of carbonyl (C=O) groups is 1. The van der Waals surface area contributed by atoms with E-state index in [9.17, 15) is 4.79 Å². The molecule has 3 rings (SSSR count). The Bertz CT molecular complexity index is 638. The number of H-pyrrole nitrogens is 1. The molecule has 0 unspecified atom stereocenters. The molecule has 0 spiro atoms. The lowest BCUT2D eigenvalue weighted by Gasteiger charge is -2.32. The summed E-state index contributed by atoms with van der Waals surface area (Å²) in [4.78, 5) is 24.1. The first-order chi connectivity index (χ1) is 11.1. The minimum absolute atomic E-state index is 0.150. The van der Waals surface area contributed by atoms with Crippen molar-refractivity contribution < 1.29 is 9.53 Å². The number of aromatic nitrogens is 2. The predicted molar refractivity (Wildman–Crippen MR) is 89.3 cm³/mol. The maximum Gasteiger partial charge on any atom is 0.227 e. The molecule has 1 N–H and O–H groups in total. The number of amides is 1. The van der Waals surface area contributed by atoms with Crippen molar-refractivity contribution in [2.45, 2.75) is 19.1 Å². The van der Waals surface area contributed by atoms with Gasteiger partial charge in [0, 0.05) is 25.0 Å². The van der Waals surface area contributed by atoms with E-state index in [1.807, 2.05) is 42.0 Å². The number of thiophene rings is 1. The summed E-state index contributed by atoms with van der Waals surface area (Å²) >= 11 is 1.62. The summed E-state index contributed by atoms with van der Waals surface area (Å²) in [5.74, 6) is 0.951. The number of ether oxygens (including phenoxy) is 1. The summed E-state index contributed by atoms with van der Waals surface area (Å²) < 4.78 is 5.80. The zero-order valence-electron chi connectivity index (χ0n) is 13.5. The van der Waals surface area contributed by atoms with E-state index in [-0.39, 0.29) is 12.0 Å². The number of hydrogen-bond donors (Lipinski definition) is 1. The second-order valence-corrected chi connectivity index (χ2v) is 6.82. The monoisotopic (exact) mass is 334 g/mol. The normalized spacial score (nSPS) is 18.6. The summed E-state index contributed by atoms with van der Waals surface area (Å²) in [6.07, 6.45) is 2.12. The SMILES string of the molecule is CN(C)Cc1cnc([C@H]2CN(C(=O)Cc3ccsc3)CCO2)[nH]1. The van der Waals surface area contributed by atoms with Gasteiger partial charge in [-0.05, 0) is 36.5 Å². The third-order valence-electron chi connectivity index (χ3n) is 3.79. The second-order valence-electron chi connectivity index (χ2n) is 6.04. The molecule has 3 heterocycles. The molecule has 1 aliphatic heterocycles. The van der Waals surface area contributed by atoms with Crippen LogP contribution in [0.1, 0.15) is 23.2 Å². The van der Waals surface area contributed by atoms with Crippen LogP contribution in [0.25, 0.3) is 0 Å². The van der Waals surface area contributed by atoms with E-state index in [2.05, 4.69) is 14.9 Å². The van der Waals surface area contributed by atoms with Gasteiger partial charge < -0.3 is 19.5 Å². The Kier molecular flexibility index (Phi) is 5.09. The fourth-order valence-corrected chi connectivity index (χ4v) is 3.35. The van der Waals surface area contributed by atoms with Crippen LogP contribution in [0.3, 0.4) is 0 Å². The first-order valence-electron chi connectivity index (χ1n) is 7.71. The van der Waals surface area contributed by atoms with Crippen LogP contribution in [0.2, 0.25) is 0 Å². The van der Waals surface area contributed by atoms with Gasteiger partial charge in [-0.25, -0.2) is 4.98 Å². The molecule has 1 fully saturated rings. The minimum atomic E-state index is -0.175. The third kappa shape index (κ3) is 4.19. The van der Waals surface area contributed by atoms with Gasteiger partial charge in [-0.15, -0.1) is 0 Å². The van der Waals surface area contributed by atoms with Crippen molar-refractivity contribution in [3.8, 4) is 0 Å². The van der Waals surface area contributed by atoms with Gasteiger partial charge in [-0.1, -0.05) is 0 Å². The van der Waals surface area contributed by atoms with Gasteiger partial charge >= 0.3 is 0 Å². The van der Waals surface area contributed by atoms with E-state index in [1.165, 1.54) is 0 Å². The maximum atomic E-state index is 12.4. The zero-order valence-corrected chi connectivity index (χ0v) is 14.3. The Balaban J connectivity index is 1.61. The van der Waals surface area contributed by atoms with Crippen LogP contribution in [0, 0.1) is 0 Å². The van der Waals surface area contributed by atoms with E-state index in [4.69, 9.17) is 4.74 Å². The van der Waals surface area contributed by atoms with Crippen LogP contribution in [0.15, 0.2) is 23.0 Å². The molecule has 2 aromatic heterocycles. The molecule has 23 heavy (non-hydrogen) atoms. The predicted octanol–water partition coefficient (Wildman–Crippen LogP) is 1.68. The van der Waals surface area contributed by atoms with E-state index in [0.717, 1.165) is 23.6 Å². The van der Waals surface area contributed by atoms with Gasteiger partial charge in [0.15, 0.2) is 0 Å². The maximum absolute atomic E-state index is 12.4. The molecule has 6 nitrogen and oxygen atoms in total. The Morgan fingerprint density at radius 2 is 2.43 bits per heavy atom. The number of morpholine rings is 1. The number of aromatic amines is 1. The van der Waals surface area contributed by atoms with Crippen molar-refractivity contribution in [1.29, 1.82) is 0 Å². The average molecular weight is 334 g/mol. The highest BCUT2D eigenvalue weighted by Crippen LogP contribution is 2.21. The molecule has 124 valence electrons. The fourth-order valence-electron chi connectivity index (χ4n) is 2.68. The van der Waals surface area contributed by atoms with Gasteiger partial charge in [-0.3, -0.25) is 4.79 Å². The summed E-state index contributed by atoms with van der Waals surface area (Å²) in [6.45, 7) is 2.55. The van der Waals surface area contributed by atoms with E-state index in [0.29, 0.717) is 26.1 Å². The van der Waals surface area contributed by atoms with Crippen molar-refractivity contribution in [3.63, 3.8) is 0 Å². The van der Waals surface area contributed by atoms with Gasteiger partial charge in [0.1, 0.15) is 11.9 Å². The largest absolute Gasteiger partial charge is 0.367 e. The van der Waals surface area contributed by atoms with Gasteiger partial charge in [-0.2, -0.15) is 11.3 Å². The Hall–Kier alpha value is -1.70. The van der Waals surface area contributed by atoms with Crippen LogP contribution >= 0.6 is 11.3 Å². The summed E-state index contributed by atoms with van der Waals surface area (Å²) in [6, 6.07) is 2.00. The molecule has 1 aliphatic rings. The van der Waals surface area contributed by atoms with E-state index >= 15 is 0 Å². The van der Waals surface area contributed by atoms with Crippen LogP contribution in [-0.4, -0.2) is 59.5 Å². The third-order valence-corrected chi connectivity index (χ3v) is 4.53. The smallest absolute Gasteiger partial charge is 0.227 e. The fraction of sp³-hybridized carbons (Fsp3) is 0.500. The molecule has 2 aromatic rings. The molecular weight excluding hydrogens is 312 g/mol. The molecule has 1 atom stereocenters. The second kappa shape index (κ2) is 7.25. The van der Waals surface area contributed by atoms with Crippen molar-refractivity contribution in [2.24, 2.45) is 0 Å². The molecule has 0 radical (unpaired) electrons. The molecule has 0 bridgehead atoms. The van der Waals surface area contributed by atoms with Crippen molar-refractivity contribution >= 4 is 17.2 Å². The van der Waals surface area contributed by atoms with E-state index in [1.54, 1.807) is 11.3 Å². The standard InChI is InChI=1S/C16H22N4O2S/c1-19(2)9-13-8-17-16(18-13)14-10-20(4-5-22-14)15(21)7-12-3-6-23-11-12/h3,6,8,11,14H,4-5,7,9-10H2,1-2H3,(H,17,18)/t14-/m1/s1. The summed E-state index contributed by atoms with van der Waals surface area (Å²) in [7, 11) is 4.03. The first-order valence-corrected chi connectivity index (χ1v) is 8.65. The van der Waals surface area contributed by atoms with Crippen LogP contribution < -0.4 is 0 Å². The molecule has 7 heteroatoms. The zero-order chi connectivity index (χ0) is 16.2. The van der Waals surface area contributed by atoms with Crippen LogP contribution in [0.4, 0.5) is 0 Å². The topological polar surface area (TPSA) is 61.5 Å². The lowest BCUT2D eigenvalue weighted by atomic mass is 10.2. The highest BCUT2D eigenvalue weighted by atomic mass is 32.1. The number of nitrogens with zero attached hydrogens (tertiary/aromatic N) is 3. The molecule has 1 amide bonds. The van der Waals surface area contributed by atoms with Crippen molar-refractivity contribution in [1.82, 2.24) is 19.8 Å². The highest BCUT2D eigenvalue weighted by molar-refractivity contribution is 7.07. The number of nitrogens with one attached hydrogen (secondary N) is 1. The minimum Gasteiger partial charge on any atom is -0.367 e. The van der Waals surface area contributed by atoms with Gasteiger partial charge in [0.25, 0.3) is 0 Å². The highest BCUT2D eigenvalue weighted by Gasteiger charge is 2.27. The molecule has 0 aromatic carbocycles. The molecule has 0 aliphatic carbocycles. The number of imidazole rings is 1. The Morgan fingerprint density at radius 1 is 1.57 bits per heavy atom. The van der Waals surface area contributed by atoms with E-state index < -0.39 is 0 Å². The molecule has 1 saturated heterocycles. The molecular formula is C16H22N4O2S. The quantitative estimate of drug-likeness (QED) is 0.904. The number of rotatable bonds is 5. The van der Waals surface area contributed by atoms with Crippen molar-refractivity contribution in [3.05, 3.63) is 40.1 Å². The van der Waals surface area contributed by atoms with Crippen molar-refractivity contribution in [2.75, 3.05) is 33.8 Å². The number of hydrogen-bond acceptors (Lipinski definition) is 5. The van der Waals surface area contributed by atoms with Gasteiger partial charge in [0.05, 0.1) is 19.6 Å². The van der Waals surface area contributed by atoms with Crippen LogP contribution in [0.5, 0.6) is 0 Å². The van der Waals surface area contributed by atoms with Gasteiger partial charge in [0.2, 0.25) is 5.91 Å². The first kappa shape index (κ1) is 16.2. The summed E-state index contributed by atoms with van der Waals surface area (Å²) in [5.41, 5.74) is 2.13. The Morgan fingerprint density at radius 3 is 3.17 bits per heavy atom. The van der Waals surface area contributed by atoms with Crippen LogP contribution in [-0.2, 0) is 22.5 Å². The average Bonchev–Trinajstić information content (AvgIpc) is 3.18.